The zero-order chi connectivity index (χ0) is 18.7. The van der Waals surface area contributed by atoms with Crippen LogP contribution in [0.4, 0.5) is 5.69 Å². The third kappa shape index (κ3) is 3.35. The Kier molecular flexibility index (Phi) is 4.71. The van der Waals surface area contributed by atoms with Crippen molar-refractivity contribution in [2.24, 2.45) is 0 Å². The monoisotopic (exact) mass is 366 g/mol. The summed E-state index contributed by atoms with van der Waals surface area (Å²) in [5, 5.41) is 3.02. The summed E-state index contributed by atoms with van der Waals surface area (Å²) >= 11 is 0. The van der Waals surface area contributed by atoms with Crippen LogP contribution in [0.5, 0.6) is 17.4 Å². The van der Waals surface area contributed by atoms with Crippen molar-refractivity contribution < 1.29 is 19.0 Å². The summed E-state index contributed by atoms with van der Waals surface area (Å²) in [6.45, 7) is 4.23. The van der Waals surface area contributed by atoms with E-state index in [1.54, 1.807) is 24.4 Å². The minimum atomic E-state index is -0.557. The molecule has 0 unspecified atom stereocenters. The summed E-state index contributed by atoms with van der Waals surface area (Å²) in [5.74, 6) is 1.92. The number of fused-ring (bicyclic) bond motifs is 1. The number of pyridine rings is 1. The lowest BCUT2D eigenvalue weighted by atomic mass is 9.77. The molecule has 0 saturated heterocycles. The predicted molar refractivity (Wildman–Crippen MR) is 101 cm³/mol. The Morgan fingerprint density at radius 1 is 1.22 bits per heavy atom. The fourth-order valence-electron chi connectivity index (χ4n) is 3.75. The number of amides is 1. The molecule has 2 heterocycles. The van der Waals surface area contributed by atoms with Gasteiger partial charge < -0.3 is 19.5 Å². The van der Waals surface area contributed by atoms with E-state index in [2.05, 4.69) is 16.9 Å². The van der Waals surface area contributed by atoms with E-state index in [1.807, 2.05) is 18.2 Å². The van der Waals surface area contributed by atoms with Gasteiger partial charge in [-0.1, -0.05) is 31.6 Å². The molecule has 2 aliphatic rings. The highest BCUT2D eigenvalue weighted by Gasteiger charge is 2.43. The van der Waals surface area contributed by atoms with Crippen molar-refractivity contribution in [1.82, 2.24) is 4.98 Å². The maximum absolute atomic E-state index is 13.2. The van der Waals surface area contributed by atoms with Crippen molar-refractivity contribution in [1.29, 1.82) is 0 Å². The zero-order valence-corrected chi connectivity index (χ0v) is 15.1. The van der Waals surface area contributed by atoms with Crippen LogP contribution in [0.3, 0.4) is 0 Å². The molecule has 6 heteroatoms. The smallest absolute Gasteiger partial charge is 0.235 e. The molecule has 1 N–H and O–H groups in total. The van der Waals surface area contributed by atoms with E-state index in [0.717, 1.165) is 37.0 Å². The Labute approximate surface area is 158 Å². The second-order valence-corrected chi connectivity index (χ2v) is 6.80. The molecule has 0 spiro atoms. The van der Waals surface area contributed by atoms with E-state index >= 15 is 0 Å². The maximum atomic E-state index is 13.2. The van der Waals surface area contributed by atoms with Gasteiger partial charge in [-0.2, -0.15) is 0 Å². The largest absolute Gasteiger partial charge is 0.473 e. The molecule has 2 aromatic rings. The molecule has 1 aromatic heterocycles. The zero-order valence-electron chi connectivity index (χ0n) is 15.1. The van der Waals surface area contributed by atoms with E-state index in [0.29, 0.717) is 23.9 Å². The highest BCUT2D eigenvalue weighted by atomic mass is 16.7. The molecule has 1 aromatic carbocycles. The average Bonchev–Trinajstić information content (AvgIpc) is 3.37. The van der Waals surface area contributed by atoms with Gasteiger partial charge >= 0.3 is 0 Å². The van der Waals surface area contributed by atoms with Gasteiger partial charge in [-0.05, 0) is 36.6 Å². The van der Waals surface area contributed by atoms with Crippen LogP contribution in [-0.2, 0) is 10.2 Å². The fourth-order valence-corrected chi connectivity index (χ4v) is 3.75. The predicted octanol–water partition coefficient (Wildman–Crippen LogP) is 3.83. The van der Waals surface area contributed by atoms with Crippen LogP contribution in [-0.4, -0.2) is 24.3 Å². The van der Waals surface area contributed by atoms with E-state index in [9.17, 15) is 4.79 Å². The highest BCUT2D eigenvalue weighted by molar-refractivity contribution is 5.99. The number of aromatic nitrogens is 1. The number of hydrogen-bond donors (Lipinski definition) is 1. The van der Waals surface area contributed by atoms with Gasteiger partial charge in [0.2, 0.25) is 18.6 Å². The second-order valence-electron chi connectivity index (χ2n) is 6.80. The summed E-state index contributed by atoms with van der Waals surface area (Å²) in [6, 6.07) is 9.34. The standard InChI is InChI=1S/C21H22N2O4/c1-2-11-25-19-8-6-16(13-22-19)23-20(24)21(9-3-4-10-21)15-5-7-17-18(12-15)27-14-26-17/h2,5-8,12-13H,1,3-4,9-11,14H2,(H,23,24). The van der Waals surface area contributed by atoms with Gasteiger partial charge in [-0.15, -0.1) is 0 Å². The Morgan fingerprint density at radius 3 is 2.78 bits per heavy atom. The van der Waals surface area contributed by atoms with Crippen LogP contribution in [0.25, 0.3) is 0 Å². The number of nitrogens with one attached hydrogen (secondary N) is 1. The van der Waals surface area contributed by atoms with Crippen molar-refractivity contribution in [2.75, 3.05) is 18.7 Å². The summed E-state index contributed by atoms with van der Waals surface area (Å²) in [6.07, 6.45) is 6.94. The Bertz CT molecular complexity index is 842. The number of carbonyl (C=O) groups excluding carboxylic acids is 1. The summed E-state index contributed by atoms with van der Waals surface area (Å²) in [4.78, 5) is 17.5. The number of hydrogen-bond acceptors (Lipinski definition) is 5. The lowest BCUT2D eigenvalue weighted by Gasteiger charge is -2.28. The van der Waals surface area contributed by atoms with Crippen LogP contribution in [0.2, 0.25) is 0 Å². The highest BCUT2D eigenvalue weighted by Crippen LogP contribution is 2.45. The Balaban J connectivity index is 1.55. The van der Waals surface area contributed by atoms with Gasteiger partial charge in [0.1, 0.15) is 6.61 Å². The molecule has 1 fully saturated rings. The number of benzene rings is 1. The van der Waals surface area contributed by atoms with Crippen LogP contribution in [0.15, 0.2) is 49.2 Å². The van der Waals surface area contributed by atoms with E-state index in [4.69, 9.17) is 14.2 Å². The quantitative estimate of drug-likeness (QED) is 0.787. The molecule has 4 rings (SSSR count). The van der Waals surface area contributed by atoms with E-state index in [-0.39, 0.29) is 12.7 Å². The van der Waals surface area contributed by atoms with Gasteiger partial charge in [0.15, 0.2) is 11.5 Å². The maximum Gasteiger partial charge on any atom is 0.235 e. The molecule has 0 bridgehead atoms. The SMILES string of the molecule is C=CCOc1ccc(NC(=O)C2(c3ccc4c(c3)OCO4)CCCC2)cn1. The van der Waals surface area contributed by atoms with Crippen molar-refractivity contribution in [3.8, 4) is 17.4 Å². The number of carbonyl (C=O) groups is 1. The number of ether oxygens (including phenoxy) is 3. The number of nitrogens with zero attached hydrogens (tertiary/aromatic N) is 1. The van der Waals surface area contributed by atoms with E-state index < -0.39 is 5.41 Å². The van der Waals surface area contributed by atoms with Crippen LogP contribution >= 0.6 is 0 Å². The van der Waals surface area contributed by atoms with E-state index in [1.165, 1.54) is 0 Å². The summed E-state index contributed by atoms with van der Waals surface area (Å²) in [5.41, 5.74) is 1.07. The Hall–Kier alpha value is -3.02. The first-order chi connectivity index (χ1) is 13.2. The molecule has 1 aliphatic carbocycles. The minimum Gasteiger partial charge on any atom is -0.473 e. The normalized spacial score (nSPS) is 16.7. The molecule has 1 saturated carbocycles. The van der Waals surface area contributed by atoms with Gasteiger partial charge in [0.05, 0.1) is 17.3 Å². The summed E-state index contributed by atoms with van der Waals surface area (Å²) < 4.78 is 16.3. The number of anilines is 1. The number of rotatable bonds is 6. The lowest BCUT2D eigenvalue weighted by molar-refractivity contribution is -0.121. The molecule has 0 radical (unpaired) electrons. The van der Waals surface area contributed by atoms with Crippen molar-refractivity contribution in [3.05, 3.63) is 54.7 Å². The molecule has 0 atom stereocenters. The molecule has 140 valence electrons. The third-order valence-corrected chi connectivity index (χ3v) is 5.16. The molecule has 27 heavy (non-hydrogen) atoms. The van der Waals surface area contributed by atoms with Crippen LogP contribution < -0.4 is 19.5 Å². The molecule has 6 nitrogen and oxygen atoms in total. The first kappa shape index (κ1) is 17.4. The fraction of sp³-hybridized carbons (Fsp3) is 0.333. The van der Waals surface area contributed by atoms with Crippen LogP contribution in [0, 0.1) is 0 Å². The lowest BCUT2D eigenvalue weighted by Crippen LogP contribution is -2.38. The van der Waals surface area contributed by atoms with Crippen molar-refractivity contribution >= 4 is 11.6 Å². The van der Waals surface area contributed by atoms with Crippen molar-refractivity contribution in [2.45, 2.75) is 31.1 Å². The second kappa shape index (κ2) is 7.31. The van der Waals surface area contributed by atoms with Gasteiger partial charge in [0, 0.05) is 6.07 Å². The van der Waals surface area contributed by atoms with Gasteiger partial charge in [-0.25, -0.2) is 4.98 Å². The molecular weight excluding hydrogens is 344 g/mol. The molecular formula is C21H22N2O4. The van der Waals surface area contributed by atoms with Crippen molar-refractivity contribution in [3.63, 3.8) is 0 Å². The topological polar surface area (TPSA) is 69.7 Å². The first-order valence-electron chi connectivity index (χ1n) is 9.13. The summed E-state index contributed by atoms with van der Waals surface area (Å²) in [7, 11) is 0. The van der Waals surface area contributed by atoms with Crippen LogP contribution in [0.1, 0.15) is 31.2 Å². The molecule has 1 amide bonds. The van der Waals surface area contributed by atoms with Gasteiger partial charge in [0.25, 0.3) is 0 Å². The minimum absolute atomic E-state index is 0.0135. The third-order valence-electron chi connectivity index (χ3n) is 5.16. The molecule has 1 aliphatic heterocycles. The Morgan fingerprint density at radius 2 is 2.04 bits per heavy atom. The average molecular weight is 366 g/mol. The van der Waals surface area contributed by atoms with Gasteiger partial charge in [-0.3, -0.25) is 4.79 Å². The first-order valence-corrected chi connectivity index (χ1v) is 9.13.